The summed E-state index contributed by atoms with van der Waals surface area (Å²) in [5, 5.41) is -2.43. The van der Waals surface area contributed by atoms with E-state index in [0.29, 0.717) is 0 Å². The van der Waals surface area contributed by atoms with Gasteiger partial charge in [-0.25, -0.2) is 4.57 Å². The van der Waals surface area contributed by atoms with Crippen LogP contribution in [-0.4, -0.2) is 20.0 Å². The van der Waals surface area contributed by atoms with E-state index < -0.39 is 17.0 Å². The molecule has 0 saturated heterocycles. The van der Waals surface area contributed by atoms with Crippen LogP contribution in [0.15, 0.2) is 0 Å². The predicted molar refractivity (Wildman–Crippen MR) is 38.6 cm³/mol. The summed E-state index contributed by atoms with van der Waals surface area (Å²) in [6.07, 6.45) is 0. The van der Waals surface area contributed by atoms with Crippen molar-refractivity contribution in [3.05, 3.63) is 0 Å². The first kappa shape index (κ1) is 10.2. The van der Waals surface area contributed by atoms with E-state index >= 15 is 0 Å². The van der Waals surface area contributed by atoms with Gasteiger partial charge < -0.3 is 9.79 Å². The molecule has 0 aromatic carbocycles. The van der Waals surface area contributed by atoms with Crippen molar-refractivity contribution in [2.75, 3.05) is 0 Å². The molecule has 0 bridgehead atoms. The van der Waals surface area contributed by atoms with E-state index in [1.807, 2.05) is 0 Å². The fourth-order valence-corrected chi connectivity index (χ4v) is 1.69. The standard InChI is InChI=1S/C2H3O5PS2/c3-1(9)2(4)10-8(5,6)7/h(H,3,9)(H2,5,6,7). The third-order valence-corrected chi connectivity index (χ3v) is 2.53. The summed E-state index contributed by atoms with van der Waals surface area (Å²) < 4.78 is 10.00. The molecule has 0 aliphatic heterocycles. The highest BCUT2D eigenvalue weighted by molar-refractivity contribution is 8.63. The number of carbonyl (C=O) groups is 2. The molecule has 0 aromatic rings. The highest BCUT2D eigenvalue weighted by Gasteiger charge is 2.23. The summed E-state index contributed by atoms with van der Waals surface area (Å²) in [6.45, 7) is -4.48. The van der Waals surface area contributed by atoms with E-state index in [1.165, 1.54) is 0 Å². The molecule has 0 fully saturated rings. The molecule has 0 amide bonds. The van der Waals surface area contributed by atoms with Gasteiger partial charge in [-0.3, -0.25) is 9.59 Å². The number of hydrogen-bond donors (Lipinski definition) is 3. The van der Waals surface area contributed by atoms with Crippen LogP contribution in [0.1, 0.15) is 0 Å². The molecular formula is C2H3O5PS2. The lowest BCUT2D eigenvalue weighted by molar-refractivity contribution is -0.126. The number of hydrogen-bond acceptors (Lipinski definition) is 4. The second kappa shape index (κ2) is 3.54. The Hall–Kier alpha value is 0.190. The van der Waals surface area contributed by atoms with Crippen molar-refractivity contribution in [2.45, 2.75) is 0 Å². The van der Waals surface area contributed by atoms with Gasteiger partial charge in [-0.05, 0) is 0 Å². The molecule has 0 spiro atoms. The molecule has 0 heterocycles. The Kier molecular flexibility index (Phi) is 3.61. The fraction of sp³-hybridized carbons (Fsp3) is 0. The lowest BCUT2D eigenvalue weighted by atomic mass is 10.9. The molecule has 0 atom stereocenters. The first-order chi connectivity index (χ1) is 4.33. The van der Waals surface area contributed by atoms with E-state index in [9.17, 15) is 14.2 Å². The monoisotopic (exact) mass is 202 g/mol. The summed E-state index contributed by atoms with van der Waals surface area (Å²) in [5.74, 6) is 0. The van der Waals surface area contributed by atoms with Crippen molar-refractivity contribution in [1.82, 2.24) is 0 Å². The minimum Gasteiger partial charge on any atom is -0.316 e. The minimum atomic E-state index is -4.48. The third kappa shape index (κ3) is 5.01. The van der Waals surface area contributed by atoms with Crippen LogP contribution in [0.2, 0.25) is 0 Å². The Balaban J connectivity index is 4.07. The lowest BCUT2D eigenvalue weighted by Gasteiger charge is -1.96. The van der Waals surface area contributed by atoms with Gasteiger partial charge in [-0.1, -0.05) is 12.6 Å². The SMILES string of the molecule is O=C(S)C(=O)SP(=O)(O)O. The third-order valence-electron chi connectivity index (χ3n) is 0.376. The van der Waals surface area contributed by atoms with Crippen LogP contribution in [0.3, 0.4) is 0 Å². The van der Waals surface area contributed by atoms with E-state index in [0.717, 1.165) is 0 Å². The molecule has 0 aliphatic rings. The van der Waals surface area contributed by atoms with Crippen LogP contribution < -0.4 is 0 Å². The number of rotatable bonds is 2. The molecule has 0 aromatic heterocycles. The van der Waals surface area contributed by atoms with E-state index in [1.54, 1.807) is 0 Å². The van der Waals surface area contributed by atoms with Gasteiger partial charge in [-0.2, -0.15) is 0 Å². The second-order valence-corrected chi connectivity index (χ2v) is 5.09. The van der Waals surface area contributed by atoms with Crippen molar-refractivity contribution >= 4 is 41.0 Å². The molecule has 0 rings (SSSR count). The smallest absolute Gasteiger partial charge is 0.316 e. The van der Waals surface area contributed by atoms with Gasteiger partial charge in [-0.15, -0.1) is 0 Å². The molecular weight excluding hydrogens is 199 g/mol. The molecule has 58 valence electrons. The number of carbonyl (C=O) groups excluding carboxylic acids is 2. The molecule has 0 radical (unpaired) electrons. The molecule has 2 N–H and O–H groups in total. The highest BCUT2D eigenvalue weighted by Crippen LogP contribution is 2.50. The Morgan fingerprint density at radius 2 is 1.80 bits per heavy atom. The fourth-order valence-electron chi connectivity index (χ4n) is 0.147. The maximum Gasteiger partial charge on any atom is 0.391 e. The average Bonchev–Trinajstić information content (AvgIpc) is 1.60. The second-order valence-electron chi connectivity index (χ2n) is 1.17. The predicted octanol–water partition coefficient (Wildman–Crippen LogP) is -0.205. The van der Waals surface area contributed by atoms with Crippen LogP contribution in [0.4, 0.5) is 0 Å². The molecule has 0 unspecified atom stereocenters. The van der Waals surface area contributed by atoms with Crippen molar-refractivity contribution in [3.63, 3.8) is 0 Å². The van der Waals surface area contributed by atoms with Gasteiger partial charge in [0.25, 0.3) is 10.2 Å². The summed E-state index contributed by atoms with van der Waals surface area (Å²) in [6, 6.07) is 0. The van der Waals surface area contributed by atoms with Crippen LogP contribution in [0, 0.1) is 0 Å². The Morgan fingerprint density at radius 3 is 1.90 bits per heavy atom. The Labute approximate surface area is 65.5 Å². The van der Waals surface area contributed by atoms with Gasteiger partial charge in [0, 0.05) is 11.4 Å². The molecule has 10 heavy (non-hydrogen) atoms. The zero-order chi connectivity index (χ0) is 8.36. The molecule has 5 nitrogen and oxygen atoms in total. The van der Waals surface area contributed by atoms with Crippen molar-refractivity contribution in [3.8, 4) is 0 Å². The zero-order valence-corrected chi connectivity index (χ0v) is 7.03. The van der Waals surface area contributed by atoms with Gasteiger partial charge in [0.05, 0.1) is 0 Å². The van der Waals surface area contributed by atoms with Crippen molar-refractivity contribution < 1.29 is 23.9 Å². The summed E-state index contributed by atoms with van der Waals surface area (Å²) in [7, 11) is 0. The largest absolute Gasteiger partial charge is 0.391 e. The van der Waals surface area contributed by atoms with Crippen LogP contribution in [0.5, 0.6) is 0 Å². The van der Waals surface area contributed by atoms with Gasteiger partial charge >= 0.3 is 6.80 Å². The molecule has 0 aliphatic carbocycles. The van der Waals surface area contributed by atoms with Gasteiger partial charge in [0.15, 0.2) is 0 Å². The first-order valence-electron chi connectivity index (χ1n) is 1.85. The van der Waals surface area contributed by atoms with Crippen LogP contribution in [0.25, 0.3) is 0 Å². The van der Waals surface area contributed by atoms with E-state index in [-0.39, 0.29) is 11.4 Å². The average molecular weight is 202 g/mol. The maximum atomic E-state index is 10.2. The van der Waals surface area contributed by atoms with Gasteiger partial charge in [0.1, 0.15) is 0 Å². The zero-order valence-electron chi connectivity index (χ0n) is 4.42. The minimum absolute atomic E-state index is 0.333. The lowest BCUT2D eigenvalue weighted by Crippen LogP contribution is -2.00. The van der Waals surface area contributed by atoms with Crippen molar-refractivity contribution in [1.29, 1.82) is 0 Å². The van der Waals surface area contributed by atoms with Crippen molar-refractivity contribution in [2.24, 2.45) is 0 Å². The van der Waals surface area contributed by atoms with E-state index in [4.69, 9.17) is 9.79 Å². The normalized spacial score (nSPS) is 11.1. The number of thiol groups is 1. The Morgan fingerprint density at radius 1 is 1.40 bits per heavy atom. The van der Waals surface area contributed by atoms with Gasteiger partial charge in [0.2, 0.25) is 0 Å². The molecule has 8 heteroatoms. The van der Waals surface area contributed by atoms with E-state index in [2.05, 4.69) is 12.6 Å². The maximum absolute atomic E-state index is 10.2. The first-order valence-corrected chi connectivity index (χ1v) is 5.33. The summed E-state index contributed by atoms with van der Waals surface area (Å²) in [5.41, 5.74) is 0. The summed E-state index contributed by atoms with van der Waals surface area (Å²) >= 11 is 2.72. The quantitative estimate of drug-likeness (QED) is 0.326. The molecule has 0 saturated carbocycles. The van der Waals surface area contributed by atoms with Crippen LogP contribution in [-0.2, 0) is 14.2 Å². The Bertz CT molecular complexity index is 206. The van der Waals surface area contributed by atoms with Crippen LogP contribution >= 0.6 is 30.8 Å². The highest BCUT2D eigenvalue weighted by atomic mass is 32.7. The topological polar surface area (TPSA) is 91.7 Å². The summed E-state index contributed by atoms with van der Waals surface area (Å²) in [4.78, 5) is 36.4.